The van der Waals surface area contributed by atoms with E-state index in [9.17, 15) is 4.79 Å². The Labute approximate surface area is 106 Å². The molecule has 92 valence electrons. The van der Waals surface area contributed by atoms with Crippen molar-refractivity contribution in [2.45, 2.75) is 18.9 Å². The number of rotatable bonds is 2. The Bertz CT molecular complexity index is 410. The summed E-state index contributed by atoms with van der Waals surface area (Å²) in [6.07, 6.45) is 3.69. The van der Waals surface area contributed by atoms with Crippen molar-refractivity contribution in [3.8, 4) is 0 Å². The van der Waals surface area contributed by atoms with E-state index in [0.717, 1.165) is 25.9 Å². The first-order chi connectivity index (χ1) is 8.15. The predicted molar refractivity (Wildman–Crippen MR) is 67.2 cm³/mol. The highest BCUT2D eigenvalue weighted by molar-refractivity contribution is 6.30. The number of carbonyl (C=O) groups excluding carboxylic acids is 1. The second-order valence-electron chi connectivity index (χ2n) is 4.43. The van der Waals surface area contributed by atoms with Crippen molar-refractivity contribution in [3.05, 3.63) is 29.0 Å². The fourth-order valence-electron chi connectivity index (χ4n) is 2.07. The third kappa shape index (κ3) is 3.41. The van der Waals surface area contributed by atoms with Crippen molar-refractivity contribution in [2.75, 3.05) is 20.1 Å². The summed E-state index contributed by atoms with van der Waals surface area (Å²) >= 11 is 5.83. The van der Waals surface area contributed by atoms with Gasteiger partial charge in [-0.3, -0.25) is 9.78 Å². The lowest BCUT2D eigenvalue weighted by Crippen LogP contribution is -2.46. The number of nitrogens with one attached hydrogen (secondary N) is 1. The zero-order chi connectivity index (χ0) is 12.3. The van der Waals surface area contributed by atoms with Gasteiger partial charge in [0.05, 0.1) is 0 Å². The van der Waals surface area contributed by atoms with Gasteiger partial charge in [0.2, 0.25) is 0 Å². The molecule has 0 aliphatic carbocycles. The Balaban J connectivity index is 1.97. The van der Waals surface area contributed by atoms with Crippen molar-refractivity contribution in [1.29, 1.82) is 0 Å². The molecule has 1 fully saturated rings. The minimum atomic E-state index is -0.146. The Hall–Kier alpha value is -1.13. The first-order valence-corrected chi connectivity index (χ1v) is 6.14. The molecule has 0 spiro atoms. The Morgan fingerprint density at radius 3 is 3.18 bits per heavy atom. The molecule has 4 nitrogen and oxygen atoms in total. The largest absolute Gasteiger partial charge is 0.347 e. The SMILES string of the molecule is CN1CCCC(NC(=O)c2cc(Cl)ccn2)C1. The third-order valence-electron chi connectivity index (χ3n) is 2.91. The van der Waals surface area contributed by atoms with E-state index in [1.807, 2.05) is 0 Å². The van der Waals surface area contributed by atoms with E-state index in [-0.39, 0.29) is 11.9 Å². The van der Waals surface area contributed by atoms with Crippen LogP contribution in [0.2, 0.25) is 5.02 Å². The minimum absolute atomic E-state index is 0.146. The lowest BCUT2D eigenvalue weighted by molar-refractivity contribution is 0.0907. The number of halogens is 1. The van der Waals surface area contributed by atoms with Gasteiger partial charge in [-0.15, -0.1) is 0 Å². The molecule has 1 saturated heterocycles. The number of likely N-dealkylation sites (tertiary alicyclic amines) is 1. The molecule has 1 amide bonds. The molecule has 2 rings (SSSR count). The van der Waals surface area contributed by atoms with Gasteiger partial charge in [0, 0.05) is 23.8 Å². The van der Waals surface area contributed by atoms with Crippen LogP contribution < -0.4 is 5.32 Å². The maximum atomic E-state index is 11.9. The number of nitrogens with zero attached hydrogens (tertiary/aromatic N) is 2. The van der Waals surface area contributed by atoms with Crippen LogP contribution in [-0.2, 0) is 0 Å². The molecule has 1 aliphatic heterocycles. The van der Waals surface area contributed by atoms with Crippen LogP contribution in [0.25, 0.3) is 0 Å². The van der Waals surface area contributed by atoms with Gasteiger partial charge in [-0.1, -0.05) is 11.6 Å². The molecule has 0 aromatic carbocycles. The van der Waals surface area contributed by atoms with Gasteiger partial charge >= 0.3 is 0 Å². The molecule has 1 aliphatic rings. The summed E-state index contributed by atoms with van der Waals surface area (Å²) in [5, 5.41) is 3.52. The first-order valence-electron chi connectivity index (χ1n) is 5.76. The number of carbonyl (C=O) groups is 1. The monoisotopic (exact) mass is 253 g/mol. The third-order valence-corrected chi connectivity index (χ3v) is 3.15. The molecular weight excluding hydrogens is 238 g/mol. The summed E-state index contributed by atoms with van der Waals surface area (Å²) in [7, 11) is 2.07. The Morgan fingerprint density at radius 2 is 2.47 bits per heavy atom. The summed E-state index contributed by atoms with van der Waals surface area (Å²) in [5.74, 6) is -0.146. The average molecular weight is 254 g/mol. The van der Waals surface area contributed by atoms with Gasteiger partial charge in [-0.2, -0.15) is 0 Å². The molecule has 1 unspecified atom stereocenters. The fraction of sp³-hybridized carbons (Fsp3) is 0.500. The summed E-state index contributed by atoms with van der Waals surface area (Å²) in [6, 6.07) is 3.46. The second kappa shape index (κ2) is 5.47. The van der Waals surface area contributed by atoms with E-state index in [4.69, 9.17) is 11.6 Å². The van der Waals surface area contributed by atoms with E-state index in [1.165, 1.54) is 0 Å². The number of hydrogen-bond acceptors (Lipinski definition) is 3. The average Bonchev–Trinajstić information content (AvgIpc) is 2.29. The molecule has 0 saturated carbocycles. The molecule has 1 atom stereocenters. The Morgan fingerprint density at radius 1 is 1.65 bits per heavy atom. The topological polar surface area (TPSA) is 45.2 Å². The zero-order valence-corrected chi connectivity index (χ0v) is 10.6. The molecule has 2 heterocycles. The number of piperidine rings is 1. The lowest BCUT2D eigenvalue weighted by Gasteiger charge is -2.30. The van der Waals surface area contributed by atoms with Crippen LogP contribution in [0.1, 0.15) is 23.3 Å². The summed E-state index contributed by atoms with van der Waals surface area (Å²) < 4.78 is 0. The number of aromatic nitrogens is 1. The molecule has 5 heteroatoms. The van der Waals surface area contributed by atoms with E-state index >= 15 is 0 Å². The van der Waals surface area contributed by atoms with Gasteiger partial charge in [0.15, 0.2) is 0 Å². The molecule has 17 heavy (non-hydrogen) atoms. The van der Waals surface area contributed by atoms with Crippen LogP contribution in [0.5, 0.6) is 0 Å². The van der Waals surface area contributed by atoms with Crippen LogP contribution in [0.4, 0.5) is 0 Å². The maximum Gasteiger partial charge on any atom is 0.270 e. The molecule has 1 N–H and O–H groups in total. The number of pyridine rings is 1. The number of amides is 1. The van der Waals surface area contributed by atoms with Crippen LogP contribution in [0, 0.1) is 0 Å². The molecule has 0 radical (unpaired) electrons. The summed E-state index contributed by atoms with van der Waals surface area (Å²) in [4.78, 5) is 18.2. The highest BCUT2D eigenvalue weighted by Crippen LogP contribution is 2.11. The van der Waals surface area contributed by atoms with E-state index < -0.39 is 0 Å². The quantitative estimate of drug-likeness (QED) is 0.870. The van der Waals surface area contributed by atoms with Gasteiger partial charge in [0.1, 0.15) is 5.69 Å². The maximum absolute atomic E-state index is 11.9. The standard InChI is InChI=1S/C12H16ClN3O/c1-16-6-2-3-10(8-16)15-12(17)11-7-9(13)4-5-14-11/h4-5,7,10H,2-3,6,8H2,1H3,(H,15,17). The van der Waals surface area contributed by atoms with Crippen molar-refractivity contribution >= 4 is 17.5 Å². The predicted octanol–water partition coefficient (Wildman–Crippen LogP) is 1.56. The van der Waals surface area contributed by atoms with Crippen LogP contribution in [0.3, 0.4) is 0 Å². The van der Waals surface area contributed by atoms with E-state index in [1.54, 1.807) is 18.3 Å². The van der Waals surface area contributed by atoms with Crippen LogP contribution in [0.15, 0.2) is 18.3 Å². The van der Waals surface area contributed by atoms with Crippen molar-refractivity contribution in [1.82, 2.24) is 15.2 Å². The van der Waals surface area contributed by atoms with Gasteiger partial charge in [-0.05, 0) is 38.6 Å². The van der Waals surface area contributed by atoms with Gasteiger partial charge < -0.3 is 10.2 Å². The van der Waals surface area contributed by atoms with E-state index in [2.05, 4.69) is 22.2 Å². The smallest absolute Gasteiger partial charge is 0.270 e. The van der Waals surface area contributed by atoms with Crippen LogP contribution >= 0.6 is 11.6 Å². The molecule has 1 aromatic heterocycles. The molecule has 1 aromatic rings. The van der Waals surface area contributed by atoms with Gasteiger partial charge in [-0.25, -0.2) is 0 Å². The first kappa shape index (κ1) is 12.3. The second-order valence-corrected chi connectivity index (χ2v) is 4.87. The summed E-state index contributed by atoms with van der Waals surface area (Å²) in [5.41, 5.74) is 0.380. The number of hydrogen-bond donors (Lipinski definition) is 1. The Kier molecular flexibility index (Phi) is 3.97. The molecular formula is C12H16ClN3O. The summed E-state index contributed by atoms with van der Waals surface area (Å²) in [6.45, 7) is 1.99. The normalized spacial score (nSPS) is 21.2. The lowest BCUT2D eigenvalue weighted by atomic mass is 10.1. The van der Waals surface area contributed by atoms with Crippen LogP contribution in [-0.4, -0.2) is 42.0 Å². The fourth-order valence-corrected chi connectivity index (χ4v) is 2.23. The van der Waals surface area contributed by atoms with Crippen molar-refractivity contribution in [3.63, 3.8) is 0 Å². The minimum Gasteiger partial charge on any atom is -0.347 e. The number of likely N-dealkylation sites (N-methyl/N-ethyl adjacent to an activating group) is 1. The highest BCUT2D eigenvalue weighted by atomic mass is 35.5. The van der Waals surface area contributed by atoms with Crippen molar-refractivity contribution in [2.24, 2.45) is 0 Å². The molecule has 0 bridgehead atoms. The zero-order valence-electron chi connectivity index (χ0n) is 9.82. The van der Waals surface area contributed by atoms with Gasteiger partial charge in [0.25, 0.3) is 5.91 Å². The van der Waals surface area contributed by atoms with Crippen molar-refractivity contribution < 1.29 is 4.79 Å². The highest BCUT2D eigenvalue weighted by Gasteiger charge is 2.19. The van der Waals surface area contributed by atoms with E-state index in [0.29, 0.717) is 10.7 Å².